The Morgan fingerprint density at radius 1 is 1.12 bits per heavy atom. The van der Waals surface area contributed by atoms with Crippen LogP contribution in [0.4, 0.5) is 0 Å². The first-order valence-electron chi connectivity index (χ1n) is 6.03. The van der Waals surface area contributed by atoms with E-state index in [9.17, 15) is 4.79 Å². The van der Waals surface area contributed by atoms with Crippen LogP contribution in [0.2, 0.25) is 0 Å². The van der Waals surface area contributed by atoms with Crippen LogP contribution in [-0.2, 0) is 0 Å². The second-order valence-corrected chi connectivity index (χ2v) is 5.83. The van der Waals surface area contributed by atoms with Crippen molar-refractivity contribution in [3.63, 3.8) is 0 Å². The molecule has 0 bridgehead atoms. The monoisotopic (exact) mass is 234 g/mol. The summed E-state index contributed by atoms with van der Waals surface area (Å²) in [5.41, 5.74) is 0.813. The van der Waals surface area contributed by atoms with Crippen molar-refractivity contribution in [1.82, 2.24) is 0 Å². The van der Waals surface area contributed by atoms with Crippen LogP contribution in [0.15, 0.2) is 29.2 Å². The van der Waals surface area contributed by atoms with Crippen LogP contribution in [0.25, 0.3) is 0 Å². The molecule has 1 aromatic carbocycles. The van der Waals surface area contributed by atoms with Gasteiger partial charge in [0.25, 0.3) is 0 Å². The predicted octanol–water partition coefficient (Wildman–Crippen LogP) is 4.31. The summed E-state index contributed by atoms with van der Waals surface area (Å²) >= 11 is 1.97. The van der Waals surface area contributed by atoms with Crippen LogP contribution in [-0.4, -0.2) is 11.0 Å². The summed E-state index contributed by atoms with van der Waals surface area (Å²) in [6, 6.07) is 8.03. The van der Waals surface area contributed by atoms with Crippen molar-refractivity contribution in [1.29, 1.82) is 0 Å². The molecular formula is C14H18OS. The van der Waals surface area contributed by atoms with Crippen LogP contribution in [0.1, 0.15) is 49.4 Å². The van der Waals surface area contributed by atoms with Crippen LogP contribution >= 0.6 is 11.8 Å². The van der Waals surface area contributed by atoms with Crippen molar-refractivity contribution in [2.75, 3.05) is 0 Å². The topological polar surface area (TPSA) is 17.1 Å². The Balaban J connectivity index is 1.96. The lowest BCUT2D eigenvalue weighted by Crippen LogP contribution is -2.07. The Bertz CT molecular complexity index is 350. The zero-order valence-electron chi connectivity index (χ0n) is 9.74. The lowest BCUT2D eigenvalue weighted by molar-refractivity contribution is 0.101. The largest absolute Gasteiger partial charge is 0.295 e. The molecule has 0 aromatic heterocycles. The average Bonchev–Trinajstić information content (AvgIpc) is 2.31. The molecule has 0 spiro atoms. The molecule has 1 nitrogen and oxygen atoms in total. The van der Waals surface area contributed by atoms with Gasteiger partial charge in [0.2, 0.25) is 0 Å². The van der Waals surface area contributed by atoms with E-state index in [0.29, 0.717) is 0 Å². The van der Waals surface area contributed by atoms with E-state index < -0.39 is 0 Å². The molecular weight excluding hydrogens is 216 g/mol. The molecule has 86 valence electrons. The number of benzene rings is 1. The van der Waals surface area contributed by atoms with E-state index in [2.05, 4.69) is 12.1 Å². The molecule has 0 N–H and O–H groups in total. The van der Waals surface area contributed by atoms with E-state index in [4.69, 9.17) is 0 Å². The molecule has 0 amide bonds. The minimum atomic E-state index is 0.147. The molecule has 0 unspecified atom stereocenters. The number of ketones is 1. The van der Waals surface area contributed by atoms with Gasteiger partial charge >= 0.3 is 0 Å². The van der Waals surface area contributed by atoms with E-state index >= 15 is 0 Å². The minimum Gasteiger partial charge on any atom is -0.295 e. The zero-order valence-corrected chi connectivity index (χ0v) is 10.6. The Morgan fingerprint density at radius 2 is 1.75 bits per heavy atom. The highest BCUT2D eigenvalue weighted by atomic mass is 32.2. The van der Waals surface area contributed by atoms with Gasteiger partial charge in [-0.3, -0.25) is 4.79 Å². The normalized spacial score (nSPS) is 17.3. The van der Waals surface area contributed by atoms with Crippen molar-refractivity contribution in [2.24, 2.45) is 0 Å². The zero-order chi connectivity index (χ0) is 11.4. The summed E-state index contributed by atoms with van der Waals surface area (Å²) in [6.07, 6.45) is 6.85. The molecule has 0 saturated heterocycles. The molecule has 1 aliphatic rings. The Hall–Kier alpha value is -0.760. The first-order valence-corrected chi connectivity index (χ1v) is 6.91. The van der Waals surface area contributed by atoms with Crippen molar-refractivity contribution in [2.45, 2.75) is 49.2 Å². The quantitative estimate of drug-likeness (QED) is 0.725. The van der Waals surface area contributed by atoms with E-state index in [0.717, 1.165) is 10.8 Å². The number of hydrogen-bond acceptors (Lipinski definition) is 2. The van der Waals surface area contributed by atoms with E-state index in [1.165, 1.54) is 37.0 Å². The standard InChI is InChI=1S/C14H18OS/c1-11(15)12-7-9-14(10-8-12)16-13-5-3-2-4-6-13/h7-10,13H,2-6H2,1H3. The van der Waals surface area contributed by atoms with E-state index in [-0.39, 0.29) is 5.78 Å². The Labute approximate surface area is 102 Å². The molecule has 0 atom stereocenters. The molecule has 16 heavy (non-hydrogen) atoms. The van der Waals surface area contributed by atoms with Crippen molar-refractivity contribution >= 4 is 17.5 Å². The fourth-order valence-corrected chi connectivity index (χ4v) is 3.39. The van der Waals surface area contributed by atoms with Crippen molar-refractivity contribution in [3.8, 4) is 0 Å². The van der Waals surface area contributed by atoms with E-state index in [1.807, 2.05) is 23.9 Å². The smallest absolute Gasteiger partial charge is 0.159 e. The van der Waals surface area contributed by atoms with E-state index in [1.54, 1.807) is 6.92 Å². The van der Waals surface area contributed by atoms with Crippen molar-refractivity contribution in [3.05, 3.63) is 29.8 Å². The average molecular weight is 234 g/mol. The summed E-state index contributed by atoms with van der Waals surface area (Å²) in [7, 11) is 0. The molecule has 0 heterocycles. The molecule has 0 aliphatic heterocycles. The number of hydrogen-bond donors (Lipinski definition) is 0. The van der Waals surface area contributed by atoms with Gasteiger partial charge in [0.05, 0.1) is 0 Å². The third-order valence-electron chi connectivity index (χ3n) is 3.12. The number of carbonyl (C=O) groups excluding carboxylic acids is 1. The molecule has 1 aliphatic carbocycles. The second-order valence-electron chi connectivity index (χ2n) is 4.46. The molecule has 2 heteroatoms. The lowest BCUT2D eigenvalue weighted by Gasteiger charge is -2.20. The summed E-state index contributed by atoms with van der Waals surface area (Å²) in [6.45, 7) is 1.61. The van der Waals surface area contributed by atoms with Gasteiger partial charge in [0.1, 0.15) is 0 Å². The Kier molecular flexibility index (Phi) is 4.05. The first-order chi connectivity index (χ1) is 7.75. The van der Waals surface area contributed by atoms with Gasteiger partial charge in [-0.1, -0.05) is 31.4 Å². The molecule has 1 fully saturated rings. The minimum absolute atomic E-state index is 0.147. The number of thioether (sulfide) groups is 1. The summed E-state index contributed by atoms with van der Waals surface area (Å²) in [5, 5.41) is 0.789. The lowest BCUT2D eigenvalue weighted by atomic mass is 10.0. The highest BCUT2D eigenvalue weighted by Gasteiger charge is 2.14. The SMILES string of the molecule is CC(=O)c1ccc(SC2CCCCC2)cc1. The summed E-state index contributed by atoms with van der Waals surface area (Å²) in [5.74, 6) is 0.147. The fourth-order valence-electron chi connectivity index (χ4n) is 2.14. The maximum Gasteiger partial charge on any atom is 0.159 e. The van der Waals surface area contributed by atoms with Gasteiger partial charge in [-0.15, -0.1) is 11.8 Å². The molecule has 0 radical (unpaired) electrons. The second kappa shape index (κ2) is 5.53. The third-order valence-corrected chi connectivity index (χ3v) is 4.46. The Morgan fingerprint density at radius 3 is 2.31 bits per heavy atom. The van der Waals surface area contributed by atoms with Crippen molar-refractivity contribution < 1.29 is 4.79 Å². The number of carbonyl (C=O) groups is 1. The number of rotatable bonds is 3. The predicted molar refractivity (Wildman–Crippen MR) is 69.2 cm³/mol. The first kappa shape index (κ1) is 11.7. The molecule has 2 rings (SSSR count). The summed E-state index contributed by atoms with van der Waals surface area (Å²) < 4.78 is 0. The highest BCUT2D eigenvalue weighted by Crippen LogP contribution is 2.33. The van der Waals surface area contributed by atoms with Crippen LogP contribution in [0.3, 0.4) is 0 Å². The highest BCUT2D eigenvalue weighted by molar-refractivity contribution is 8.00. The summed E-state index contributed by atoms with van der Waals surface area (Å²) in [4.78, 5) is 12.4. The fraction of sp³-hybridized carbons (Fsp3) is 0.500. The third kappa shape index (κ3) is 3.11. The van der Waals surface area contributed by atoms with Crippen LogP contribution in [0, 0.1) is 0 Å². The van der Waals surface area contributed by atoms with Crippen LogP contribution in [0.5, 0.6) is 0 Å². The molecule has 1 aromatic rings. The maximum absolute atomic E-state index is 11.1. The van der Waals surface area contributed by atoms with Gasteiger partial charge in [0.15, 0.2) is 5.78 Å². The van der Waals surface area contributed by atoms with Gasteiger partial charge in [0, 0.05) is 15.7 Å². The van der Waals surface area contributed by atoms with Gasteiger partial charge in [-0.2, -0.15) is 0 Å². The maximum atomic E-state index is 11.1. The number of Topliss-reactive ketones (excluding diaryl/α,β-unsaturated/α-hetero) is 1. The molecule has 1 saturated carbocycles. The van der Waals surface area contributed by atoms with Gasteiger partial charge < -0.3 is 0 Å². The van der Waals surface area contributed by atoms with Gasteiger partial charge in [-0.25, -0.2) is 0 Å². The van der Waals surface area contributed by atoms with Crippen LogP contribution < -0.4 is 0 Å². The van der Waals surface area contributed by atoms with Gasteiger partial charge in [-0.05, 0) is 31.9 Å².